The highest BCUT2D eigenvalue weighted by molar-refractivity contribution is 5.97. The summed E-state index contributed by atoms with van der Waals surface area (Å²) in [6, 6.07) is 12.2. The van der Waals surface area contributed by atoms with Crippen LogP contribution in [0.15, 0.2) is 53.8 Å². The average molecular weight is 309 g/mol. The van der Waals surface area contributed by atoms with Crippen molar-refractivity contribution in [3.05, 3.63) is 59.1 Å². The SMILES string of the molecule is NC(Cc1c[nH]c2cc(-c3ccccc3)cc(N=O)c12)C(=O)O. The van der Waals surface area contributed by atoms with Gasteiger partial charge in [0.1, 0.15) is 11.7 Å². The average Bonchev–Trinajstić information content (AvgIpc) is 2.97. The number of nitroso groups, excluding NO2 is 1. The van der Waals surface area contributed by atoms with Gasteiger partial charge in [-0.05, 0) is 34.0 Å². The van der Waals surface area contributed by atoms with E-state index in [1.165, 1.54) is 0 Å². The molecule has 0 aliphatic heterocycles. The van der Waals surface area contributed by atoms with E-state index < -0.39 is 12.0 Å². The van der Waals surface area contributed by atoms with Gasteiger partial charge in [0.15, 0.2) is 0 Å². The molecule has 3 rings (SSSR count). The number of carbonyl (C=O) groups is 1. The highest BCUT2D eigenvalue weighted by atomic mass is 16.4. The topological polar surface area (TPSA) is 109 Å². The van der Waals surface area contributed by atoms with E-state index in [9.17, 15) is 9.70 Å². The highest BCUT2D eigenvalue weighted by Gasteiger charge is 2.18. The Bertz CT molecular complexity index is 871. The number of fused-ring (bicyclic) bond motifs is 1. The zero-order valence-corrected chi connectivity index (χ0v) is 12.2. The fourth-order valence-corrected chi connectivity index (χ4v) is 2.67. The van der Waals surface area contributed by atoms with Crippen LogP contribution >= 0.6 is 0 Å². The predicted molar refractivity (Wildman–Crippen MR) is 88.5 cm³/mol. The molecular weight excluding hydrogens is 294 g/mol. The van der Waals surface area contributed by atoms with Crippen molar-refractivity contribution in [3.8, 4) is 11.1 Å². The number of nitrogens with one attached hydrogen (secondary N) is 1. The molecule has 0 saturated heterocycles. The maximum atomic E-state index is 11.3. The van der Waals surface area contributed by atoms with Gasteiger partial charge in [0, 0.05) is 23.5 Å². The molecule has 23 heavy (non-hydrogen) atoms. The Kier molecular flexibility index (Phi) is 3.91. The van der Waals surface area contributed by atoms with E-state index in [1.807, 2.05) is 36.4 Å². The summed E-state index contributed by atoms with van der Waals surface area (Å²) in [7, 11) is 0. The molecule has 0 radical (unpaired) electrons. The lowest BCUT2D eigenvalue weighted by Crippen LogP contribution is -2.32. The minimum Gasteiger partial charge on any atom is -0.480 e. The van der Waals surface area contributed by atoms with E-state index in [0.29, 0.717) is 10.9 Å². The third-order valence-corrected chi connectivity index (χ3v) is 3.80. The highest BCUT2D eigenvalue weighted by Crippen LogP contribution is 2.35. The number of H-pyrrole nitrogens is 1. The first-order chi connectivity index (χ1) is 11.1. The molecule has 116 valence electrons. The van der Waals surface area contributed by atoms with Crippen LogP contribution in [0, 0.1) is 4.91 Å². The zero-order chi connectivity index (χ0) is 16.4. The van der Waals surface area contributed by atoms with Gasteiger partial charge < -0.3 is 15.8 Å². The molecule has 2 aromatic carbocycles. The molecule has 3 aromatic rings. The normalized spacial score (nSPS) is 12.2. The number of benzene rings is 2. The molecule has 0 bridgehead atoms. The lowest BCUT2D eigenvalue weighted by Gasteiger charge is -2.07. The maximum Gasteiger partial charge on any atom is 0.320 e. The molecule has 0 spiro atoms. The van der Waals surface area contributed by atoms with Crippen LogP contribution in [-0.4, -0.2) is 22.1 Å². The number of carboxylic acid groups (broad SMARTS) is 1. The van der Waals surface area contributed by atoms with E-state index in [-0.39, 0.29) is 12.1 Å². The van der Waals surface area contributed by atoms with Crippen LogP contribution in [0.3, 0.4) is 0 Å². The molecule has 0 fully saturated rings. The van der Waals surface area contributed by atoms with Crippen molar-refractivity contribution < 1.29 is 9.90 Å². The minimum atomic E-state index is -1.08. The molecular formula is C17H15N3O3. The molecule has 1 unspecified atom stereocenters. The van der Waals surface area contributed by atoms with E-state index in [4.69, 9.17) is 10.8 Å². The van der Waals surface area contributed by atoms with Gasteiger partial charge in [-0.15, -0.1) is 4.91 Å². The molecule has 0 saturated carbocycles. The number of rotatable bonds is 5. The van der Waals surface area contributed by atoms with Gasteiger partial charge in [-0.2, -0.15) is 0 Å². The predicted octanol–water partition coefficient (Wildman–Crippen LogP) is 3.19. The molecule has 0 aliphatic rings. The summed E-state index contributed by atoms with van der Waals surface area (Å²) in [5, 5.41) is 12.7. The largest absolute Gasteiger partial charge is 0.480 e. The number of aromatic amines is 1. The molecule has 1 atom stereocenters. The number of carboxylic acids is 1. The van der Waals surface area contributed by atoms with Crippen LogP contribution in [-0.2, 0) is 11.2 Å². The Morgan fingerprint density at radius 2 is 1.96 bits per heavy atom. The Hall–Kier alpha value is -2.99. The fraction of sp³-hybridized carbons (Fsp3) is 0.118. The quantitative estimate of drug-likeness (QED) is 0.629. The van der Waals surface area contributed by atoms with Gasteiger partial charge in [0.05, 0.1) is 0 Å². The van der Waals surface area contributed by atoms with Gasteiger partial charge in [0.25, 0.3) is 0 Å². The van der Waals surface area contributed by atoms with E-state index in [0.717, 1.165) is 16.6 Å². The van der Waals surface area contributed by atoms with Crippen LogP contribution in [0.2, 0.25) is 0 Å². The first kappa shape index (κ1) is 14.9. The van der Waals surface area contributed by atoms with Crippen molar-refractivity contribution >= 4 is 22.6 Å². The summed E-state index contributed by atoms with van der Waals surface area (Å²) in [6.45, 7) is 0. The van der Waals surface area contributed by atoms with E-state index >= 15 is 0 Å². The number of hydrogen-bond acceptors (Lipinski definition) is 4. The summed E-state index contributed by atoms with van der Waals surface area (Å²) in [5.74, 6) is -1.08. The lowest BCUT2D eigenvalue weighted by atomic mass is 9.99. The molecule has 1 aromatic heterocycles. The van der Waals surface area contributed by atoms with Crippen molar-refractivity contribution in [2.75, 3.05) is 0 Å². The number of nitrogens with zero attached hydrogens (tertiary/aromatic N) is 1. The van der Waals surface area contributed by atoms with Crippen molar-refractivity contribution in [1.82, 2.24) is 4.98 Å². The van der Waals surface area contributed by atoms with E-state index in [2.05, 4.69) is 10.2 Å². The summed E-state index contributed by atoms with van der Waals surface area (Å²) < 4.78 is 0. The summed E-state index contributed by atoms with van der Waals surface area (Å²) >= 11 is 0. The lowest BCUT2D eigenvalue weighted by molar-refractivity contribution is -0.138. The number of nitrogens with two attached hydrogens (primary N) is 1. The fourth-order valence-electron chi connectivity index (χ4n) is 2.67. The molecule has 4 N–H and O–H groups in total. The second-order valence-corrected chi connectivity index (χ2v) is 5.34. The standard InChI is InChI=1S/C17H15N3O3/c18-13(17(21)22)6-12-9-19-14-7-11(8-15(20-23)16(12)14)10-4-2-1-3-5-10/h1-5,7-9,13,19H,6,18H2,(H,21,22). The third kappa shape index (κ3) is 2.84. The van der Waals surface area contributed by atoms with E-state index in [1.54, 1.807) is 12.3 Å². The Morgan fingerprint density at radius 3 is 2.61 bits per heavy atom. The second kappa shape index (κ2) is 6.02. The van der Waals surface area contributed by atoms with Crippen LogP contribution in [0.1, 0.15) is 5.56 Å². The molecule has 0 aliphatic carbocycles. The number of aliphatic carboxylic acids is 1. The summed E-state index contributed by atoms with van der Waals surface area (Å²) in [4.78, 5) is 25.3. The van der Waals surface area contributed by atoms with Crippen molar-refractivity contribution in [2.45, 2.75) is 12.5 Å². The minimum absolute atomic E-state index is 0.128. The third-order valence-electron chi connectivity index (χ3n) is 3.80. The first-order valence-corrected chi connectivity index (χ1v) is 7.11. The Balaban J connectivity index is 2.11. The first-order valence-electron chi connectivity index (χ1n) is 7.11. The number of aromatic nitrogens is 1. The maximum absolute atomic E-state index is 11.3. The molecule has 6 heteroatoms. The van der Waals surface area contributed by atoms with Gasteiger partial charge in [-0.1, -0.05) is 30.3 Å². The summed E-state index contributed by atoms with van der Waals surface area (Å²) in [5.41, 5.74) is 9.10. The van der Waals surface area contributed by atoms with Crippen molar-refractivity contribution in [1.29, 1.82) is 0 Å². The monoisotopic (exact) mass is 309 g/mol. The van der Waals surface area contributed by atoms with Gasteiger partial charge in [-0.3, -0.25) is 4.79 Å². The van der Waals surface area contributed by atoms with Crippen LogP contribution in [0.5, 0.6) is 0 Å². The number of hydrogen-bond donors (Lipinski definition) is 3. The van der Waals surface area contributed by atoms with Gasteiger partial charge >= 0.3 is 5.97 Å². The zero-order valence-electron chi connectivity index (χ0n) is 12.2. The molecule has 1 heterocycles. The van der Waals surface area contributed by atoms with Gasteiger partial charge in [-0.25, -0.2) is 0 Å². The molecule has 6 nitrogen and oxygen atoms in total. The van der Waals surface area contributed by atoms with Gasteiger partial charge in [0.2, 0.25) is 0 Å². The summed E-state index contributed by atoms with van der Waals surface area (Å²) in [6.07, 6.45) is 1.81. The van der Waals surface area contributed by atoms with Crippen LogP contribution in [0.25, 0.3) is 22.0 Å². The second-order valence-electron chi connectivity index (χ2n) is 5.34. The Labute approximate surface area is 131 Å². The van der Waals surface area contributed by atoms with Crippen molar-refractivity contribution in [2.24, 2.45) is 10.9 Å². The Morgan fingerprint density at radius 1 is 1.22 bits per heavy atom. The van der Waals surface area contributed by atoms with Crippen molar-refractivity contribution in [3.63, 3.8) is 0 Å². The van der Waals surface area contributed by atoms with Crippen LogP contribution in [0.4, 0.5) is 5.69 Å². The van der Waals surface area contributed by atoms with Crippen LogP contribution < -0.4 is 5.73 Å². The smallest absolute Gasteiger partial charge is 0.320 e. The molecule has 0 amide bonds.